The predicted octanol–water partition coefficient (Wildman–Crippen LogP) is 4.84. The molecule has 0 bridgehead atoms. The van der Waals surface area contributed by atoms with Gasteiger partial charge in [-0.25, -0.2) is 4.84 Å². The molecule has 3 rings (SSSR count). The van der Waals surface area contributed by atoms with Gasteiger partial charge in [0.2, 0.25) is 5.91 Å². The van der Waals surface area contributed by atoms with Crippen LogP contribution in [-0.4, -0.2) is 12.5 Å². The Balaban J connectivity index is 2.17. The van der Waals surface area contributed by atoms with Gasteiger partial charge in [0, 0.05) is 13.5 Å². The third-order valence-electron chi connectivity index (χ3n) is 4.55. The van der Waals surface area contributed by atoms with Gasteiger partial charge in [-0.05, 0) is 47.4 Å². The zero-order valence-electron chi connectivity index (χ0n) is 14.1. The lowest BCUT2D eigenvalue weighted by Crippen LogP contribution is -2.38. The molecule has 1 N–H and O–H groups in total. The summed E-state index contributed by atoms with van der Waals surface area (Å²) in [4.78, 5) is 15.7. The predicted molar refractivity (Wildman–Crippen MR) is 95.1 cm³/mol. The van der Waals surface area contributed by atoms with Crippen molar-refractivity contribution in [3.63, 3.8) is 0 Å². The quantitative estimate of drug-likeness (QED) is 0.770. The fourth-order valence-corrected chi connectivity index (χ4v) is 3.62. The number of amides is 1. The first-order chi connectivity index (χ1) is 12.3. The van der Waals surface area contributed by atoms with Crippen LogP contribution in [0.4, 0.5) is 18.9 Å². The molecule has 0 saturated heterocycles. The number of halogens is 4. The van der Waals surface area contributed by atoms with E-state index in [1.54, 1.807) is 6.07 Å². The first-order valence-electron chi connectivity index (χ1n) is 8.23. The van der Waals surface area contributed by atoms with Crippen LogP contribution >= 0.6 is 11.8 Å². The summed E-state index contributed by atoms with van der Waals surface area (Å²) in [6.45, 7) is 1.46. The van der Waals surface area contributed by atoms with Gasteiger partial charge in [0.15, 0.2) is 0 Å². The second kappa shape index (κ2) is 7.29. The van der Waals surface area contributed by atoms with Gasteiger partial charge in [0.25, 0.3) is 0 Å². The van der Waals surface area contributed by atoms with Gasteiger partial charge in [0.05, 0.1) is 17.3 Å². The molecule has 3 nitrogen and oxygen atoms in total. The monoisotopic (exact) mass is 382 g/mol. The molecule has 1 amide bonds. The maximum Gasteiger partial charge on any atom is 0.418 e. The first kappa shape index (κ1) is 18.7. The molecule has 0 spiro atoms. The normalized spacial score (nSPS) is 17.1. The molecule has 1 aliphatic heterocycles. The summed E-state index contributed by atoms with van der Waals surface area (Å²) in [6, 6.07) is 11.7. The lowest BCUT2D eigenvalue weighted by molar-refractivity contribution is -0.137. The van der Waals surface area contributed by atoms with Crippen molar-refractivity contribution in [2.45, 2.75) is 32.0 Å². The van der Waals surface area contributed by atoms with E-state index in [-0.39, 0.29) is 12.2 Å². The number of hydrogen-bond acceptors (Lipinski definition) is 2. The molecule has 0 aromatic heterocycles. The van der Waals surface area contributed by atoms with E-state index in [0.29, 0.717) is 24.0 Å². The number of carbonyl (C=O) groups excluding carboxylic acids is 1. The topological polar surface area (TPSA) is 32.3 Å². The number of nitrogens with zero attached hydrogens (tertiary/aromatic N) is 1. The fraction of sp³-hybridized carbons (Fsp3) is 0.316. The Labute approximate surface area is 154 Å². The summed E-state index contributed by atoms with van der Waals surface area (Å²) in [5, 5.41) is 0. The van der Waals surface area contributed by atoms with E-state index in [4.69, 9.17) is 11.8 Å². The van der Waals surface area contributed by atoms with Crippen LogP contribution < -0.4 is 9.74 Å². The average Bonchev–Trinajstić information content (AvgIpc) is 2.60. The Morgan fingerprint density at radius 1 is 1.23 bits per heavy atom. The highest BCUT2D eigenvalue weighted by molar-refractivity contribution is 6.13. The molecule has 0 saturated carbocycles. The Morgan fingerprint density at radius 2 is 1.92 bits per heavy atom. The van der Waals surface area contributed by atoms with E-state index in [1.165, 1.54) is 11.8 Å². The van der Waals surface area contributed by atoms with Crippen molar-refractivity contribution in [2.75, 3.05) is 11.4 Å². The molecule has 0 fully saturated rings. The molecule has 7 heteroatoms. The summed E-state index contributed by atoms with van der Waals surface area (Å²) in [7, 11) is 0. The molecule has 0 unspecified atom stereocenters. The second-order valence-electron chi connectivity index (χ2n) is 6.36. The van der Waals surface area contributed by atoms with Crippen LogP contribution in [0.25, 0.3) is 0 Å². The summed E-state index contributed by atoms with van der Waals surface area (Å²) in [5.41, 5.74) is 0.959. The highest BCUT2D eigenvalue weighted by Crippen LogP contribution is 2.45. The average molecular weight is 383 g/mol. The van der Waals surface area contributed by atoms with Crippen molar-refractivity contribution in [3.8, 4) is 0 Å². The number of fused-ring (bicyclic) bond motifs is 1. The number of rotatable bonds is 3. The van der Waals surface area contributed by atoms with Crippen LogP contribution in [0.3, 0.4) is 0 Å². The zero-order valence-corrected chi connectivity index (χ0v) is 14.9. The number of nitrogens with one attached hydrogen (secondary N) is 1. The van der Waals surface area contributed by atoms with Crippen LogP contribution in [0.5, 0.6) is 0 Å². The van der Waals surface area contributed by atoms with Gasteiger partial charge in [0.1, 0.15) is 0 Å². The maximum atomic E-state index is 13.8. The van der Waals surface area contributed by atoms with Crippen LogP contribution in [0.15, 0.2) is 42.5 Å². The lowest BCUT2D eigenvalue weighted by Gasteiger charge is -2.35. The van der Waals surface area contributed by atoms with Gasteiger partial charge < -0.3 is 4.90 Å². The van der Waals surface area contributed by atoms with Crippen LogP contribution in [-0.2, 0) is 17.4 Å². The molecule has 2 aromatic carbocycles. The zero-order chi connectivity index (χ0) is 18.9. The van der Waals surface area contributed by atoms with E-state index in [0.717, 1.165) is 11.6 Å². The van der Waals surface area contributed by atoms with Gasteiger partial charge in [-0.15, -0.1) is 0 Å². The number of carbonyl (C=O) groups is 1. The molecular weight excluding hydrogens is 365 g/mol. The van der Waals surface area contributed by atoms with Crippen molar-refractivity contribution in [1.29, 1.82) is 0 Å². The maximum absolute atomic E-state index is 13.8. The molecule has 1 heterocycles. The van der Waals surface area contributed by atoms with Crippen molar-refractivity contribution in [2.24, 2.45) is 0 Å². The minimum Gasteiger partial charge on any atom is -0.312 e. The van der Waals surface area contributed by atoms with E-state index in [9.17, 15) is 18.0 Å². The minimum absolute atomic E-state index is 0.0915. The van der Waals surface area contributed by atoms with Gasteiger partial charge in [-0.2, -0.15) is 13.2 Å². The molecule has 2 aromatic rings. The molecule has 0 aliphatic carbocycles. The van der Waals surface area contributed by atoms with Crippen LogP contribution in [0.2, 0.25) is 0 Å². The van der Waals surface area contributed by atoms with Crippen molar-refractivity contribution >= 4 is 23.4 Å². The minimum atomic E-state index is -4.57. The standard InChI is InChI=1S/C19H18ClF3N2O/c1-12(26)25-8-7-17(24-20)15-10-14(9-13-5-3-2-4-6-13)11-16(18(15)25)19(21,22)23/h2-6,10-11,17,24H,7-9H2,1H3/t17-/m1/s1. The Hall–Kier alpha value is -2.05. The fourth-order valence-electron chi connectivity index (χ4n) is 3.39. The first-order valence-corrected chi connectivity index (χ1v) is 8.61. The Bertz CT molecular complexity index is 808. The van der Waals surface area contributed by atoms with Gasteiger partial charge in [-0.3, -0.25) is 4.79 Å². The van der Waals surface area contributed by atoms with E-state index in [1.807, 2.05) is 30.3 Å². The number of hydrogen-bond donors (Lipinski definition) is 1. The highest BCUT2D eigenvalue weighted by Gasteiger charge is 2.40. The van der Waals surface area contributed by atoms with Crippen molar-refractivity contribution in [3.05, 3.63) is 64.7 Å². The Kier molecular flexibility index (Phi) is 5.25. The van der Waals surface area contributed by atoms with E-state index < -0.39 is 23.7 Å². The van der Waals surface area contributed by atoms with Crippen LogP contribution in [0.1, 0.15) is 41.6 Å². The highest BCUT2D eigenvalue weighted by atomic mass is 35.5. The summed E-state index contributed by atoms with van der Waals surface area (Å²) in [6.07, 6.45) is -3.76. The number of anilines is 1. The summed E-state index contributed by atoms with van der Waals surface area (Å²) in [5.74, 6) is -0.416. The SMILES string of the molecule is CC(=O)N1CC[C@@H](NCl)c2cc(Cc3ccccc3)cc(C(F)(F)F)c21. The summed E-state index contributed by atoms with van der Waals surface area (Å²) < 4.78 is 41.3. The smallest absolute Gasteiger partial charge is 0.312 e. The van der Waals surface area contributed by atoms with Gasteiger partial charge >= 0.3 is 6.18 Å². The van der Waals surface area contributed by atoms with E-state index in [2.05, 4.69) is 4.84 Å². The van der Waals surface area contributed by atoms with Crippen molar-refractivity contribution < 1.29 is 18.0 Å². The number of alkyl halides is 3. The largest absolute Gasteiger partial charge is 0.418 e. The van der Waals surface area contributed by atoms with Crippen LogP contribution in [0, 0.1) is 0 Å². The lowest BCUT2D eigenvalue weighted by atomic mass is 9.89. The molecule has 1 aliphatic rings. The summed E-state index contributed by atoms with van der Waals surface area (Å²) >= 11 is 5.78. The molecule has 0 radical (unpaired) electrons. The molecule has 138 valence electrons. The molecular formula is C19H18ClF3N2O. The molecule has 1 atom stereocenters. The van der Waals surface area contributed by atoms with E-state index >= 15 is 0 Å². The van der Waals surface area contributed by atoms with Crippen molar-refractivity contribution in [1.82, 2.24) is 4.84 Å². The third kappa shape index (κ3) is 3.71. The van der Waals surface area contributed by atoms with Gasteiger partial charge in [-0.1, -0.05) is 36.4 Å². The Morgan fingerprint density at radius 3 is 2.50 bits per heavy atom. The third-order valence-corrected chi connectivity index (χ3v) is 4.82. The second-order valence-corrected chi connectivity index (χ2v) is 6.58. The molecule has 26 heavy (non-hydrogen) atoms. The number of benzene rings is 2.